The summed E-state index contributed by atoms with van der Waals surface area (Å²) in [6.45, 7) is 1.79. The summed E-state index contributed by atoms with van der Waals surface area (Å²) < 4.78 is 5.79. The minimum absolute atomic E-state index is 0.235. The minimum Gasteiger partial charge on any atom is -0.489 e. The Hall–Kier alpha value is -3.22. The van der Waals surface area contributed by atoms with Gasteiger partial charge < -0.3 is 27.7 Å². The van der Waals surface area contributed by atoms with E-state index in [1.165, 1.54) is 12.1 Å². The lowest BCUT2D eigenvalue weighted by molar-refractivity contribution is 0.0989. The second kappa shape index (κ2) is 6.91. The third kappa shape index (κ3) is 3.95. The summed E-state index contributed by atoms with van der Waals surface area (Å²) in [7, 11) is 0. The van der Waals surface area contributed by atoms with E-state index < -0.39 is 11.8 Å². The summed E-state index contributed by atoms with van der Waals surface area (Å²) in [4.78, 5) is 23.0. The maximum absolute atomic E-state index is 11.5. The van der Waals surface area contributed by atoms with E-state index in [0.29, 0.717) is 34.7 Å². The first-order valence-electron chi connectivity index (χ1n) is 7.32. The molecule has 0 radical (unpaired) electrons. The number of carbonyl (C=O) groups is 2. The molecule has 0 aliphatic rings. The number of anilines is 2. The molecule has 1 atom stereocenters. The predicted molar refractivity (Wildman–Crippen MR) is 92.5 cm³/mol. The molecule has 24 heavy (non-hydrogen) atoms. The van der Waals surface area contributed by atoms with E-state index >= 15 is 0 Å². The van der Waals surface area contributed by atoms with Gasteiger partial charge in [0.1, 0.15) is 5.75 Å². The van der Waals surface area contributed by atoms with E-state index in [2.05, 4.69) is 0 Å². The summed E-state index contributed by atoms with van der Waals surface area (Å²) in [5, 5.41) is 0. The Kier molecular flexibility index (Phi) is 4.93. The molecule has 2 rings (SSSR count). The van der Waals surface area contributed by atoms with Crippen molar-refractivity contribution in [2.45, 2.75) is 19.4 Å². The normalized spacial score (nSPS) is 11.7. The highest BCUT2D eigenvalue weighted by Gasteiger charge is 2.16. The molecule has 0 aliphatic heterocycles. The lowest BCUT2D eigenvalue weighted by Crippen LogP contribution is -2.22. The largest absolute Gasteiger partial charge is 0.489 e. The van der Waals surface area contributed by atoms with Gasteiger partial charge in [-0.25, -0.2) is 0 Å². The highest BCUT2D eigenvalue weighted by Crippen LogP contribution is 2.24. The van der Waals surface area contributed by atoms with Gasteiger partial charge in [-0.05, 0) is 42.8 Å². The van der Waals surface area contributed by atoms with Crippen molar-refractivity contribution in [1.82, 2.24) is 0 Å². The highest BCUT2D eigenvalue weighted by molar-refractivity contribution is 5.96. The monoisotopic (exact) mass is 328 g/mol. The molecule has 0 aliphatic carbocycles. The maximum atomic E-state index is 11.5. The fourth-order valence-corrected chi connectivity index (χ4v) is 2.43. The fraction of sp³-hybridized carbons (Fsp3) is 0.176. The number of nitrogens with two attached hydrogens (primary N) is 4. The molecule has 2 amide bonds. The summed E-state index contributed by atoms with van der Waals surface area (Å²) in [6, 6.07) is 9.47. The molecule has 0 saturated heterocycles. The topological polar surface area (TPSA) is 147 Å². The first-order valence-corrected chi connectivity index (χ1v) is 7.32. The van der Waals surface area contributed by atoms with Crippen LogP contribution in [0.1, 0.15) is 33.2 Å². The van der Waals surface area contributed by atoms with Crippen molar-refractivity contribution in [2.75, 3.05) is 11.5 Å². The van der Waals surface area contributed by atoms with E-state index in [1.807, 2.05) is 0 Å². The van der Waals surface area contributed by atoms with Gasteiger partial charge in [-0.1, -0.05) is 0 Å². The van der Waals surface area contributed by atoms with Gasteiger partial charge in [0.05, 0.1) is 11.7 Å². The van der Waals surface area contributed by atoms with Gasteiger partial charge in [-0.15, -0.1) is 0 Å². The Balaban J connectivity index is 2.25. The number of amides is 2. The van der Waals surface area contributed by atoms with Gasteiger partial charge in [0.15, 0.2) is 0 Å². The molecule has 0 fully saturated rings. The molecule has 8 N–H and O–H groups in total. The summed E-state index contributed by atoms with van der Waals surface area (Å²) in [5.74, 6) is -0.863. The van der Waals surface area contributed by atoms with Crippen molar-refractivity contribution >= 4 is 23.2 Å². The maximum Gasteiger partial charge on any atom is 0.252 e. The average Bonchev–Trinajstić information content (AvgIpc) is 2.46. The molecule has 0 heterocycles. The number of hydrogen-bond donors (Lipinski definition) is 4. The molecule has 2 aromatic carbocycles. The van der Waals surface area contributed by atoms with Crippen molar-refractivity contribution in [3.63, 3.8) is 0 Å². The molecule has 7 heteroatoms. The lowest BCUT2D eigenvalue weighted by atomic mass is 10.0. The van der Waals surface area contributed by atoms with Gasteiger partial charge in [-0.3, -0.25) is 9.59 Å². The van der Waals surface area contributed by atoms with Gasteiger partial charge in [0, 0.05) is 29.4 Å². The molecule has 0 aromatic heterocycles. The van der Waals surface area contributed by atoms with Crippen LogP contribution in [-0.4, -0.2) is 17.9 Å². The van der Waals surface area contributed by atoms with Crippen molar-refractivity contribution in [1.29, 1.82) is 0 Å². The van der Waals surface area contributed by atoms with Crippen molar-refractivity contribution in [3.8, 4) is 5.75 Å². The zero-order valence-corrected chi connectivity index (χ0v) is 13.3. The number of rotatable bonds is 6. The van der Waals surface area contributed by atoms with Crippen LogP contribution in [0.2, 0.25) is 0 Å². The summed E-state index contributed by atoms with van der Waals surface area (Å²) in [6.07, 6.45) is 0.000788. The first-order chi connectivity index (χ1) is 11.3. The second-order valence-electron chi connectivity index (χ2n) is 5.53. The van der Waals surface area contributed by atoms with E-state index in [0.717, 1.165) is 0 Å². The van der Waals surface area contributed by atoms with E-state index in [-0.39, 0.29) is 11.7 Å². The van der Waals surface area contributed by atoms with Crippen LogP contribution in [0.5, 0.6) is 5.75 Å². The zero-order valence-electron chi connectivity index (χ0n) is 13.3. The molecular formula is C17H20N4O3. The quantitative estimate of drug-likeness (QED) is 0.585. The number of nitrogen functional groups attached to an aromatic ring is 2. The molecule has 0 bridgehead atoms. The summed E-state index contributed by atoms with van der Waals surface area (Å²) >= 11 is 0. The third-order valence-electron chi connectivity index (χ3n) is 3.50. The van der Waals surface area contributed by atoms with Crippen LogP contribution in [0.25, 0.3) is 0 Å². The van der Waals surface area contributed by atoms with Crippen LogP contribution in [-0.2, 0) is 6.42 Å². The minimum atomic E-state index is -0.612. The van der Waals surface area contributed by atoms with Crippen LogP contribution in [0, 0.1) is 0 Å². The highest BCUT2D eigenvalue weighted by atomic mass is 16.5. The Morgan fingerprint density at radius 2 is 1.50 bits per heavy atom. The van der Waals surface area contributed by atoms with Crippen LogP contribution >= 0.6 is 0 Å². The van der Waals surface area contributed by atoms with Gasteiger partial charge in [0.2, 0.25) is 5.91 Å². The Bertz CT molecular complexity index is 724. The molecule has 1 unspecified atom stereocenters. The van der Waals surface area contributed by atoms with Crippen molar-refractivity contribution in [3.05, 3.63) is 53.1 Å². The van der Waals surface area contributed by atoms with Crippen LogP contribution in [0.15, 0.2) is 36.4 Å². The van der Waals surface area contributed by atoms with Crippen molar-refractivity contribution in [2.24, 2.45) is 11.5 Å². The second-order valence-corrected chi connectivity index (χ2v) is 5.53. The summed E-state index contributed by atoms with van der Waals surface area (Å²) in [5.41, 5.74) is 24.5. The lowest BCUT2D eigenvalue weighted by Gasteiger charge is -2.18. The standard InChI is InChI=1S/C17H20N4O3/c1-9(6-10-7-11(18)2-4-13(10)16(20)22)24-15-8-12(19)3-5-14(15)17(21)23/h2-5,7-9H,6,18-19H2,1H3,(H2,20,22)(H2,21,23). The Labute approximate surface area is 139 Å². The predicted octanol–water partition coefficient (Wildman–Crippen LogP) is 1.06. The Morgan fingerprint density at radius 3 is 2.08 bits per heavy atom. The van der Waals surface area contributed by atoms with Crippen molar-refractivity contribution < 1.29 is 14.3 Å². The number of benzene rings is 2. The zero-order chi connectivity index (χ0) is 17.9. The SMILES string of the molecule is CC(Cc1cc(N)ccc1C(N)=O)Oc1cc(N)ccc1C(N)=O. The van der Waals surface area contributed by atoms with E-state index in [9.17, 15) is 9.59 Å². The van der Waals surface area contributed by atoms with Gasteiger partial charge in [-0.2, -0.15) is 0 Å². The molecule has 0 spiro atoms. The third-order valence-corrected chi connectivity index (χ3v) is 3.50. The fourth-order valence-electron chi connectivity index (χ4n) is 2.43. The molecule has 7 nitrogen and oxygen atoms in total. The van der Waals surface area contributed by atoms with Gasteiger partial charge in [0.25, 0.3) is 5.91 Å². The first kappa shape index (κ1) is 17.1. The van der Waals surface area contributed by atoms with Crippen LogP contribution in [0.3, 0.4) is 0 Å². The number of carbonyl (C=O) groups excluding carboxylic acids is 2. The molecule has 126 valence electrons. The molecule has 0 saturated carbocycles. The number of primary amides is 2. The van der Waals surface area contributed by atoms with E-state index in [1.54, 1.807) is 31.2 Å². The smallest absolute Gasteiger partial charge is 0.252 e. The Morgan fingerprint density at radius 1 is 0.958 bits per heavy atom. The van der Waals surface area contributed by atoms with Gasteiger partial charge >= 0.3 is 0 Å². The molecular weight excluding hydrogens is 308 g/mol. The van der Waals surface area contributed by atoms with E-state index in [4.69, 9.17) is 27.7 Å². The van der Waals surface area contributed by atoms with Crippen LogP contribution in [0.4, 0.5) is 11.4 Å². The average molecular weight is 328 g/mol. The molecule has 2 aromatic rings. The number of hydrogen-bond acceptors (Lipinski definition) is 5. The number of ether oxygens (including phenoxy) is 1. The van der Waals surface area contributed by atoms with Crippen LogP contribution < -0.4 is 27.7 Å².